The molecule has 2 heterocycles. The molecule has 1 fully saturated rings. The van der Waals surface area contributed by atoms with E-state index < -0.39 is 0 Å². The number of amidine groups is 2. The van der Waals surface area contributed by atoms with Crippen molar-refractivity contribution in [3.63, 3.8) is 0 Å². The molecule has 4 rings (SSSR count). The van der Waals surface area contributed by atoms with Crippen molar-refractivity contribution in [2.24, 2.45) is 9.98 Å². The van der Waals surface area contributed by atoms with E-state index in [9.17, 15) is 4.79 Å². The molecular formula is C18H14N4OS. The third-order valence-electron chi connectivity index (χ3n) is 3.56. The van der Waals surface area contributed by atoms with Gasteiger partial charge in [0.15, 0.2) is 10.3 Å². The Morgan fingerprint density at radius 1 is 1.17 bits per heavy atom. The average molecular weight is 334 g/mol. The summed E-state index contributed by atoms with van der Waals surface area (Å²) in [4.78, 5) is 21.4. The minimum absolute atomic E-state index is 0.171. The van der Waals surface area contributed by atoms with Gasteiger partial charge in [-0.05, 0) is 48.0 Å². The summed E-state index contributed by atoms with van der Waals surface area (Å²) in [6.07, 6.45) is 1.78. The molecule has 1 N–H and O–H groups in total. The first-order valence-corrected chi connectivity index (χ1v) is 8.30. The lowest BCUT2D eigenvalue weighted by Crippen LogP contribution is -2.38. The van der Waals surface area contributed by atoms with Crippen LogP contribution in [-0.4, -0.2) is 21.3 Å². The van der Waals surface area contributed by atoms with Gasteiger partial charge in [-0.25, -0.2) is 9.98 Å². The number of hydrogen-bond donors (Lipinski definition) is 1. The smallest absolute Gasteiger partial charge is 0.266 e. The van der Waals surface area contributed by atoms with Gasteiger partial charge in [0.1, 0.15) is 5.70 Å². The lowest BCUT2D eigenvalue weighted by Gasteiger charge is -2.08. The van der Waals surface area contributed by atoms with E-state index in [0.717, 1.165) is 16.8 Å². The molecule has 0 aliphatic carbocycles. The molecule has 0 spiro atoms. The van der Waals surface area contributed by atoms with Gasteiger partial charge in [-0.15, -0.1) is 0 Å². The number of hydrogen-bond acceptors (Lipinski definition) is 4. The van der Waals surface area contributed by atoms with Crippen LogP contribution in [-0.2, 0) is 4.79 Å². The highest BCUT2D eigenvalue weighted by atomic mass is 32.2. The van der Waals surface area contributed by atoms with E-state index in [1.54, 1.807) is 6.08 Å². The number of carbonyl (C=O) groups is 1. The van der Waals surface area contributed by atoms with Crippen molar-refractivity contribution >= 4 is 39.8 Å². The minimum atomic E-state index is -0.171. The van der Waals surface area contributed by atoms with Crippen LogP contribution in [0.2, 0.25) is 0 Å². The first kappa shape index (κ1) is 14.7. The number of amides is 1. The van der Waals surface area contributed by atoms with Gasteiger partial charge >= 0.3 is 0 Å². The maximum Gasteiger partial charge on any atom is 0.297 e. The number of nitrogens with zero attached hydrogens (tertiary/aromatic N) is 3. The summed E-state index contributed by atoms with van der Waals surface area (Å²) in [6, 6.07) is 17.6. The summed E-state index contributed by atoms with van der Waals surface area (Å²) in [5.41, 5.74) is 6.37. The molecule has 0 radical (unpaired) electrons. The molecule has 0 unspecified atom stereocenters. The molecule has 118 valence electrons. The zero-order valence-electron chi connectivity index (χ0n) is 12.9. The molecule has 6 heteroatoms. The van der Waals surface area contributed by atoms with Crippen molar-refractivity contribution in [2.45, 2.75) is 6.92 Å². The van der Waals surface area contributed by atoms with Crippen molar-refractivity contribution in [3.8, 4) is 0 Å². The van der Waals surface area contributed by atoms with E-state index in [1.807, 2.05) is 61.5 Å². The number of aryl methyl sites for hydroxylation is 1. The molecule has 0 bridgehead atoms. The van der Waals surface area contributed by atoms with Gasteiger partial charge in [0.2, 0.25) is 0 Å². The number of hydrazine groups is 1. The fourth-order valence-electron chi connectivity index (χ4n) is 2.44. The van der Waals surface area contributed by atoms with Crippen molar-refractivity contribution in [1.29, 1.82) is 0 Å². The number of carbonyl (C=O) groups excluding carboxylic acids is 1. The second-order valence-corrected chi connectivity index (χ2v) is 6.40. The van der Waals surface area contributed by atoms with Crippen LogP contribution in [0.5, 0.6) is 0 Å². The van der Waals surface area contributed by atoms with E-state index >= 15 is 0 Å². The van der Waals surface area contributed by atoms with Crippen molar-refractivity contribution in [3.05, 3.63) is 71.4 Å². The standard InChI is InChI=1S/C18H14N4OS/c1-12-6-5-9-14(10-12)19-17-21-22-16(23)15(20-18(22)24-17)11-13-7-3-2-4-8-13/h2-11H,1H3,(H,19,21)/b15-11-. The molecule has 1 saturated heterocycles. The largest absolute Gasteiger partial charge is 0.297 e. The molecule has 2 aliphatic rings. The highest BCUT2D eigenvalue weighted by Gasteiger charge is 2.37. The third kappa shape index (κ3) is 2.83. The Labute approximate surface area is 143 Å². The fourth-order valence-corrected chi connectivity index (χ4v) is 3.26. The Morgan fingerprint density at radius 3 is 2.75 bits per heavy atom. The molecule has 0 saturated carbocycles. The summed E-state index contributed by atoms with van der Waals surface area (Å²) in [5.74, 6) is -0.171. The maximum atomic E-state index is 12.5. The molecule has 5 nitrogen and oxygen atoms in total. The van der Waals surface area contributed by atoms with Crippen LogP contribution in [0.3, 0.4) is 0 Å². The molecule has 2 aliphatic heterocycles. The van der Waals surface area contributed by atoms with Gasteiger partial charge in [-0.3, -0.25) is 10.2 Å². The Kier molecular flexibility index (Phi) is 3.66. The van der Waals surface area contributed by atoms with Crippen LogP contribution in [0.15, 0.2) is 70.3 Å². The third-order valence-corrected chi connectivity index (χ3v) is 4.39. The molecule has 2 aromatic carbocycles. The van der Waals surface area contributed by atoms with Crippen LogP contribution in [0.25, 0.3) is 6.08 Å². The molecule has 2 aromatic rings. The zero-order chi connectivity index (χ0) is 16.5. The number of rotatable bonds is 2. The predicted molar refractivity (Wildman–Crippen MR) is 97.7 cm³/mol. The first-order valence-electron chi connectivity index (χ1n) is 7.49. The summed E-state index contributed by atoms with van der Waals surface area (Å²) >= 11 is 1.35. The van der Waals surface area contributed by atoms with Gasteiger partial charge in [-0.2, -0.15) is 5.01 Å². The highest BCUT2D eigenvalue weighted by Crippen LogP contribution is 2.29. The number of benzene rings is 2. The van der Waals surface area contributed by atoms with Crippen LogP contribution < -0.4 is 5.43 Å². The Hall–Kier alpha value is -2.86. The van der Waals surface area contributed by atoms with Gasteiger partial charge in [0.05, 0.1) is 5.69 Å². The summed E-state index contributed by atoms with van der Waals surface area (Å²) in [7, 11) is 0. The van der Waals surface area contributed by atoms with Gasteiger partial charge in [0, 0.05) is 0 Å². The van der Waals surface area contributed by atoms with E-state index in [4.69, 9.17) is 0 Å². The van der Waals surface area contributed by atoms with E-state index in [1.165, 1.54) is 16.8 Å². The van der Waals surface area contributed by atoms with Crippen LogP contribution >= 0.6 is 11.8 Å². The summed E-state index contributed by atoms with van der Waals surface area (Å²) in [5, 5.41) is 2.69. The fraction of sp³-hybridized carbons (Fsp3) is 0.0556. The average Bonchev–Trinajstić information content (AvgIpc) is 3.08. The van der Waals surface area contributed by atoms with Crippen LogP contribution in [0.1, 0.15) is 11.1 Å². The van der Waals surface area contributed by atoms with Crippen LogP contribution in [0.4, 0.5) is 5.69 Å². The number of thioether (sulfide) groups is 1. The molecule has 0 atom stereocenters. The van der Waals surface area contributed by atoms with Crippen LogP contribution in [0, 0.1) is 6.92 Å². The second kappa shape index (κ2) is 5.98. The second-order valence-electron chi connectivity index (χ2n) is 5.45. The maximum absolute atomic E-state index is 12.5. The van der Waals surface area contributed by atoms with Gasteiger partial charge in [-0.1, -0.05) is 42.5 Å². The van der Waals surface area contributed by atoms with E-state index in [0.29, 0.717) is 16.0 Å². The van der Waals surface area contributed by atoms with Crippen molar-refractivity contribution < 1.29 is 4.79 Å². The first-order chi connectivity index (χ1) is 11.7. The molecular weight excluding hydrogens is 320 g/mol. The topological polar surface area (TPSA) is 57.1 Å². The SMILES string of the molecule is Cc1cccc(N=C2NN3C(=O)/C(=C/c4ccccc4)N=C3S2)c1. The Morgan fingerprint density at radius 2 is 2.00 bits per heavy atom. The lowest BCUT2D eigenvalue weighted by molar-refractivity contribution is -0.123. The molecule has 24 heavy (non-hydrogen) atoms. The Bertz CT molecular complexity index is 902. The zero-order valence-corrected chi connectivity index (χ0v) is 13.7. The van der Waals surface area contributed by atoms with E-state index in [-0.39, 0.29) is 5.91 Å². The summed E-state index contributed by atoms with van der Waals surface area (Å²) in [6.45, 7) is 2.02. The molecule has 0 aromatic heterocycles. The lowest BCUT2D eigenvalue weighted by atomic mass is 10.2. The Balaban J connectivity index is 1.58. The van der Waals surface area contributed by atoms with Crippen molar-refractivity contribution in [1.82, 2.24) is 10.4 Å². The summed E-state index contributed by atoms with van der Waals surface area (Å²) < 4.78 is 0. The van der Waals surface area contributed by atoms with Gasteiger partial charge in [0.25, 0.3) is 5.91 Å². The quantitative estimate of drug-likeness (QED) is 0.856. The molecule has 1 amide bonds. The number of fused-ring (bicyclic) bond motifs is 1. The van der Waals surface area contributed by atoms with E-state index in [2.05, 4.69) is 15.4 Å². The number of aliphatic imine (C=N–C) groups is 2. The predicted octanol–water partition coefficient (Wildman–Crippen LogP) is 3.47. The monoisotopic (exact) mass is 334 g/mol. The van der Waals surface area contributed by atoms with Gasteiger partial charge < -0.3 is 0 Å². The van der Waals surface area contributed by atoms with Crippen molar-refractivity contribution in [2.75, 3.05) is 0 Å². The normalized spacial score (nSPS) is 19.6. The number of nitrogens with one attached hydrogen (secondary N) is 1. The minimum Gasteiger partial charge on any atom is -0.266 e. The highest BCUT2D eigenvalue weighted by molar-refractivity contribution is 8.27.